The molecule has 0 radical (unpaired) electrons. The van der Waals surface area contributed by atoms with Gasteiger partial charge in [-0.2, -0.15) is 5.26 Å². The lowest BCUT2D eigenvalue weighted by Gasteiger charge is -2.18. The molecule has 1 N–H and O–H groups in total. The molecule has 1 aliphatic carbocycles. The van der Waals surface area contributed by atoms with Gasteiger partial charge < -0.3 is 10.1 Å². The Balaban J connectivity index is 1.75. The summed E-state index contributed by atoms with van der Waals surface area (Å²) in [4.78, 5) is 27.9. The predicted octanol–water partition coefficient (Wildman–Crippen LogP) is 3.32. The van der Waals surface area contributed by atoms with Gasteiger partial charge in [0.2, 0.25) is 0 Å². The summed E-state index contributed by atoms with van der Waals surface area (Å²) in [5.41, 5.74) is 2.02. The Kier molecular flexibility index (Phi) is 6.18. The van der Waals surface area contributed by atoms with Gasteiger partial charge in [-0.3, -0.25) is 9.59 Å². The summed E-state index contributed by atoms with van der Waals surface area (Å²) < 4.78 is 4.93. The molecule has 142 valence electrons. The van der Waals surface area contributed by atoms with Gasteiger partial charge in [-0.15, -0.1) is 0 Å². The van der Waals surface area contributed by atoms with E-state index in [-0.39, 0.29) is 18.2 Å². The molecular weight excluding hydrogens is 354 g/mol. The maximum atomic E-state index is 12.7. The predicted molar refractivity (Wildman–Crippen MR) is 103 cm³/mol. The molecule has 0 bridgehead atoms. The fourth-order valence-corrected chi connectivity index (χ4v) is 2.91. The van der Waals surface area contributed by atoms with E-state index in [0.717, 1.165) is 18.4 Å². The Labute approximate surface area is 163 Å². The number of carbonyl (C=O) groups is 2. The monoisotopic (exact) mass is 375 g/mol. The highest BCUT2D eigenvalue weighted by molar-refractivity contribution is 6.01. The summed E-state index contributed by atoms with van der Waals surface area (Å²) >= 11 is 0. The molecule has 1 fully saturated rings. The van der Waals surface area contributed by atoms with E-state index >= 15 is 0 Å². The van der Waals surface area contributed by atoms with Crippen molar-refractivity contribution in [2.75, 3.05) is 0 Å². The summed E-state index contributed by atoms with van der Waals surface area (Å²) in [6.07, 6.45) is 3.57. The molecule has 1 aliphatic rings. The number of pyridine rings is 1. The molecule has 28 heavy (non-hydrogen) atoms. The second-order valence-electron chi connectivity index (χ2n) is 6.70. The largest absolute Gasteiger partial charge is 0.459 e. The van der Waals surface area contributed by atoms with Crippen LogP contribution in [0.25, 0.3) is 6.08 Å². The standard InChI is InChI=1S/C22H21N3O3/c1-15(26)28-14-20-9-5-8-19(24-20)12-18(13-23)22(27)25-21(17-10-11-17)16-6-3-2-4-7-16/h2-9,12,17,21H,10-11,14H2,1H3,(H,25,27)/b18-12+/t21-/m1/s1. The van der Waals surface area contributed by atoms with E-state index in [1.54, 1.807) is 18.2 Å². The van der Waals surface area contributed by atoms with Crippen molar-refractivity contribution in [2.24, 2.45) is 5.92 Å². The number of esters is 1. The molecule has 1 heterocycles. The second kappa shape index (κ2) is 8.96. The van der Waals surface area contributed by atoms with Crippen molar-refractivity contribution in [2.45, 2.75) is 32.4 Å². The van der Waals surface area contributed by atoms with Gasteiger partial charge in [0.15, 0.2) is 0 Å². The molecule has 6 heteroatoms. The molecule has 0 spiro atoms. The van der Waals surface area contributed by atoms with E-state index < -0.39 is 11.9 Å². The molecule has 0 aliphatic heterocycles. The average molecular weight is 375 g/mol. The molecule has 1 atom stereocenters. The highest BCUT2D eigenvalue weighted by Crippen LogP contribution is 2.41. The zero-order chi connectivity index (χ0) is 19.9. The number of benzene rings is 1. The minimum atomic E-state index is -0.421. The number of nitrogens with one attached hydrogen (secondary N) is 1. The molecule has 0 unspecified atom stereocenters. The molecule has 0 saturated heterocycles. The number of hydrogen-bond acceptors (Lipinski definition) is 5. The quantitative estimate of drug-likeness (QED) is 0.455. The summed E-state index contributed by atoms with van der Waals surface area (Å²) in [6, 6.07) is 16.8. The molecule has 2 aromatic rings. The van der Waals surface area contributed by atoms with Gasteiger partial charge >= 0.3 is 5.97 Å². The third kappa shape index (κ3) is 5.27. The van der Waals surface area contributed by atoms with E-state index in [0.29, 0.717) is 17.3 Å². The van der Waals surface area contributed by atoms with Crippen LogP contribution in [-0.4, -0.2) is 16.9 Å². The summed E-state index contributed by atoms with van der Waals surface area (Å²) in [5, 5.41) is 12.5. The van der Waals surface area contributed by atoms with Crippen molar-refractivity contribution in [1.29, 1.82) is 5.26 Å². The van der Waals surface area contributed by atoms with Crippen LogP contribution in [-0.2, 0) is 20.9 Å². The number of aromatic nitrogens is 1. The zero-order valence-corrected chi connectivity index (χ0v) is 15.6. The Bertz CT molecular complexity index is 928. The first-order chi connectivity index (χ1) is 13.6. The van der Waals surface area contributed by atoms with Gasteiger partial charge in [0.1, 0.15) is 18.2 Å². The first-order valence-electron chi connectivity index (χ1n) is 9.13. The van der Waals surface area contributed by atoms with Crippen molar-refractivity contribution >= 4 is 18.0 Å². The van der Waals surface area contributed by atoms with Crippen LogP contribution in [0.4, 0.5) is 0 Å². The third-order valence-electron chi connectivity index (χ3n) is 4.45. The lowest BCUT2D eigenvalue weighted by Crippen LogP contribution is -2.30. The van der Waals surface area contributed by atoms with Crippen LogP contribution in [0.2, 0.25) is 0 Å². The highest BCUT2D eigenvalue weighted by atomic mass is 16.5. The van der Waals surface area contributed by atoms with Crippen molar-refractivity contribution in [3.63, 3.8) is 0 Å². The molecular formula is C22H21N3O3. The normalized spacial score (nSPS) is 14.6. The number of amides is 1. The van der Waals surface area contributed by atoms with E-state index in [1.807, 2.05) is 36.4 Å². The van der Waals surface area contributed by atoms with Crippen LogP contribution >= 0.6 is 0 Å². The topological polar surface area (TPSA) is 92.1 Å². The fourth-order valence-electron chi connectivity index (χ4n) is 2.91. The summed E-state index contributed by atoms with van der Waals surface area (Å²) in [6.45, 7) is 1.37. The number of carbonyl (C=O) groups excluding carboxylic acids is 2. The van der Waals surface area contributed by atoms with Gasteiger partial charge in [0.25, 0.3) is 5.91 Å². The van der Waals surface area contributed by atoms with Crippen LogP contribution in [0.3, 0.4) is 0 Å². The van der Waals surface area contributed by atoms with Crippen LogP contribution in [0.1, 0.15) is 42.8 Å². The van der Waals surface area contributed by atoms with Crippen molar-refractivity contribution in [1.82, 2.24) is 10.3 Å². The molecule has 6 nitrogen and oxygen atoms in total. The Morgan fingerprint density at radius 2 is 2.00 bits per heavy atom. The van der Waals surface area contributed by atoms with E-state index in [9.17, 15) is 14.9 Å². The van der Waals surface area contributed by atoms with Crippen molar-refractivity contribution < 1.29 is 14.3 Å². The third-order valence-corrected chi connectivity index (χ3v) is 4.45. The van der Waals surface area contributed by atoms with Crippen LogP contribution in [0, 0.1) is 17.2 Å². The van der Waals surface area contributed by atoms with Gasteiger partial charge in [0.05, 0.1) is 17.4 Å². The van der Waals surface area contributed by atoms with Gasteiger partial charge in [-0.05, 0) is 42.5 Å². The summed E-state index contributed by atoms with van der Waals surface area (Å²) in [5.74, 6) is -0.418. The number of nitrogens with zero attached hydrogens (tertiary/aromatic N) is 2. The minimum Gasteiger partial charge on any atom is -0.459 e. The Morgan fingerprint density at radius 1 is 1.25 bits per heavy atom. The van der Waals surface area contributed by atoms with Crippen LogP contribution in [0.15, 0.2) is 54.1 Å². The molecule has 1 amide bonds. The smallest absolute Gasteiger partial charge is 0.303 e. The lowest BCUT2D eigenvalue weighted by molar-refractivity contribution is -0.142. The average Bonchev–Trinajstić information content (AvgIpc) is 3.54. The fraction of sp³-hybridized carbons (Fsp3) is 0.273. The number of nitriles is 1. The van der Waals surface area contributed by atoms with Crippen LogP contribution in [0.5, 0.6) is 0 Å². The lowest BCUT2D eigenvalue weighted by atomic mass is 10.0. The van der Waals surface area contributed by atoms with Crippen molar-refractivity contribution in [3.8, 4) is 6.07 Å². The van der Waals surface area contributed by atoms with E-state index in [2.05, 4.69) is 10.3 Å². The molecule has 3 rings (SSSR count). The first-order valence-corrected chi connectivity index (χ1v) is 9.13. The molecule has 1 aromatic heterocycles. The van der Waals surface area contributed by atoms with E-state index in [1.165, 1.54) is 13.0 Å². The zero-order valence-electron chi connectivity index (χ0n) is 15.6. The maximum absolute atomic E-state index is 12.7. The molecule has 1 saturated carbocycles. The van der Waals surface area contributed by atoms with Crippen molar-refractivity contribution in [3.05, 3.63) is 71.1 Å². The SMILES string of the molecule is CC(=O)OCc1cccc(/C=C(\C#N)C(=O)N[C@H](c2ccccc2)C2CC2)n1. The first kappa shape index (κ1) is 19.3. The van der Waals surface area contributed by atoms with Gasteiger partial charge in [-0.1, -0.05) is 36.4 Å². The molecule has 1 aromatic carbocycles. The van der Waals surface area contributed by atoms with E-state index in [4.69, 9.17) is 4.74 Å². The summed E-state index contributed by atoms with van der Waals surface area (Å²) in [7, 11) is 0. The Morgan fingerprint density at radius 3 is 2.64 bits per heavy atom. The maximum Gasteiger partial charge on any atom is 0.303 e. The number of rotatable bonds is 7. The Hall–Kier alpha value is -3.46. The van der Waals surface area contributed by atoms with Crippen LogP contribution < -0.4 is 5.32 Å². The minimum absolute atomic E-state index is 0.0151. The second-order valence-corrected chi connectivity index (χ2v) is 6.70. The number of ether oxygens (including phenoxy) is 1. The van der Waals surface area contributed by atoms with Gasteiger partial charge in [-0.25, -0.2) is 4.98 Å². The highest BCUT2D eigenvalue weighted by Gasteiger charge is 2.33. The number of hydrogen-bond donors (Lipinski definition) is 1. The van der Waals surface area contributed by atoms with Gasteiger partial charge in [0, 0.05) is 6.92 Å².